The summed E-state index contributed by atoms with van der Waals surface area (Å²) in [5, 5.41) is 8.78. The van der Waals surface area contributed by atoms with Crippen molar-refractivity contribution in [1.82, 2.24) is 4.57 Å². The van der Waals surface area contributed by atoms with Gasteiger partial charge in [0.05, 0.1) is 36.6 Å². The molecule has 0 amide bonds. The van der Waals surface area contributed by atoms with Gasteiger partial charge >= 0.3 is 11.9 Å². The Hall–Kier alpha value is -4.38. The first kappa shape index (κ1) is 26.7. The minimum atomic E-state index is -1.07. The van der Waals surface area contributed by atoms with Crippen molar-refractivity contribution in [3.63, 3.8) is 0 Å². The lowest BCUT2D eigenvalue weighted by Gasteiger charge is -2.26. The highest BCUT2D eigenvalue weighted by Crippen LogP contribution is 2.37. The Kier molecular flexibility index (Phi) is 7.96. The summed E-state index contributed by atoms with van der Waals surface area (Å²) in [7, 11) is 3.04. The van der Waals surface area contributed by atoms with Crippen LogP contribution in [0.25, 0.3) is 6.08 Å². The topological polar surface area (TPSA) is 126 Å². The summed E-state index contributed by atoms with van der Waals surface area (Å²) in [6, 6.07) is 11.0. The number of carbonyl (C=O) groups is 2. The van der Waals surface area contributed by atoms with Crippen LogP contribution in [-0.4, -0.2) is 49.0 Å². The molecule has 0 radical (unpaired) electrons. The van der Waals surface area contributed by atoms with Crippen molar-refractivity contribution in [3.05, 3.63) is 84.5 Å². The summed E-state index contributed by atoms with van der Waals surface area (Å²) in [4.78, 5) is 42.6. The molecule has 2 aromatic carbocycles. The molecule has 3 aromatic rings. The molecular formula is C27H26N2O8S. The second-order valence-electron chi connectivity index (χ2n) is 8.16. The number of rotatable bonds is 9. The van der Waals surface area contributed by atoms with E-state index in [4.69, 9.17) is 24.1 Å². The number of aliphatic carboxylic acids is 1. The molecule has 11 heteroatoms. The van der Waals surface area contributed by atoms with Crippen LogP contribution in [0, 0.1) is 0 Å². The van der Waals surface area contributed by atoms with Crippen molar-refractivity contribution >= 4 is 29.4 Å². The van der Waals surface area contributed by atoms with Crippen LogP contribution in [0.15, 0.2) is 63.5 Å². The van der Waals surface area contributed by atoms with Crippen molar-refractivity contribution in [3.8, 4) is 17.2 Å². The summed E-state index contributed by atoms with van der Waals surface area (Å²) in [5.74, 6) is -0.240. The van der Waals surface area contributed by atoms with Crippen LogP contribution in [0.4, 0.5) is 0 Å². The fraction of sp³-hybridized carbons (Fsp3) is 0.259. The van der Waals surface area contributed by atoms with Crippen LogP contribution >= 0.6 is 11.3 Å². The Bertz CT molecular complexity index is 1580. The summed E-state index contributed by atoms with van der Waals surface area (Å²) in [6.07, 6.45) is 1.70. The van der Waals surface area contributed by atoms with E-state index in [1.54, 1.807) is 62.4 Å². The first-order valence-electron chi connectivity index (χ1n) is 11.6. The Morgan fingerprint density at radius 2 is 1.82 bits per heavy atom. The van der Waals surface area contributed by atoms with Gasteiger partial charge in [0.1, 0.15) is 23.3 Å². The van der Waals surface area contributed by atoms with Crippen molar-refractivity contribution in [2.24, 2.45) is 4.99 Å². The van der Waals surface area contributed by atoms with Crippen LogP contribution in [0.3, 0.4) is 0 Å². The number of nitrogens with zero attached hydrogens (tertiary/aromatic N) is 2. The summed E-state index contributed by atoms with van der Waals surface area (Å²) in [6.45, 7) is 3.14. The molecule has 1 N–H and O–H groups in total. The molecule has 0 saturated heterocycles. The minimum absolute atomic E-state index is 0.165. The van der Waals surface area contributed by atoms with Crippen molar-refractivity contribution in [2.45, 2.75) is 19.9 Å². The quantitative estimate of drug-likeness (QED) is 0.412. The lowest BCUT2D eigenvalue weighted by molar-refractivity contribution is -0.140. The summed E-state index contributed by atoms with van der Waals surface area (Å²) in [5.41, 5.74) is 1.64. The number of hydrogen-bond acceptors (Lipinski definition) is 9. The number of carboxylic acids is 1. The van der Waals surface area contributed by atoms with Gasteiger partial charge in [-0.25, -0.2) is 14.6 Å². The van der Waals surface area contributed by atoms with E-state index in [-0.39, 0.29) is 17.7 Å². The summed E-state index contributed by atoms with van der Waals surface area (Å²) < 4.78 is 23.3. The third-order valence-electron chi connectivity index (χ3n) is 5.79. The van der Waals surface area contributed by atoms with E-state index in [0.717, 1.165) is 0 Å². The molecule has 1 aliphatic heterocycles. The van der Waals surface area contributed by atoms with Gasteiger partial charge in [0, 0.05) is 11.6 Å². The predicted octanol–water partition coefficient (Wildman–Crippen LogP) is 2.28. The molecule has 0 aliphatic carbocycles. The summed E-state index contributed by atoms with van der Waals surface area (Å²) >= 11 is 1.19. The maximum Gasteiger partial charge on any atom is 0.341 e. The number of carboxylic acid groups (broad SMARTS) is 1. The number of ether oxygens (including phenoxy) is 4. The second kappa shape index (κ2) is 11.3. The van der Waals surface area contributed by atoms with E-state index in [9.17, 15) is 14.4 Å². The molecule has 198 valence electrons. The van der Waals surface area contributed by atoms with Gasteiger partial charge in [-0.2, -0.15) is 0 Å². The molecule has 1 unspecified atom stereocenters. The van der Waals surface area contributed by atoms with E-state index in [1.807, 2.05) is 0 Å². The molecule has 38 heavy (non-hydrogen) atoms. The van der Waals surface area contributed by atoms with Gasteiger partial charge in [-0.1, -0.05) is 23.5 Å². The van der Waals surface area contributed by atoms with E-state index >= 15 is 0 Å². The Morgan fingerprint density at radius 1 is 1.11 bits per heavy atom. The zero-order chi connectivity index (χ0) is 27.4. The second-order valence-corrected chi connectivity index (χ2v) is 9.17. The molecule has 0 saturated carbocycles. The predicted molar refractivity (Wildman–Crippen MR) is 140 cm³/mol. The molecule has 10 nitrogen and oxygen atoms in total. The van der Waals surface area contributed by atoms with Gasteiger partial charge in [0.2, 0.25) is 0 Å². The van der Waals surface area contributed by atoms with E-state index in [2.05, 4.69) is 4.99 Å². The maximum atomic E-state index is 13.8. The molecule has 1 aliphatic rings. The molecule has 4 rings (SSSR count). The standard InChI is InChI=1S/C27H26N2O8S/c1-5-36-26(33)23-15(2)28-27-29(24(23)19-11-10-18(34-3)13-20(19)35-4)25(32)21(38-27)12-16-6-8-17(9-7-16)37-14-22(30)31/h6-13,24H,5,14H2,1-4H3,(H,30,31)/b21-12-. The van der Waals surface area contributed by atoms with Gasteiger partial charge in [0.15, 0.2) is 11.4 Å². The van der Waals surface area contributed by atoms with E-state index in [0.29, 0.717) is 43.4 Å². The number of thiazole rings is 1. The van der Waals surface area contributed by atoms with Crippen molar-refractivity contribution in [2.75, 3.05) is 27.4 Å². The molecule has 0 spiro atoms. The number of hydrogen-bond donors (Lipinski definition) is 1. The van der Waals surface area contributed by atoms with Gasteiger partial charge in [-0.3, -0.25) is 9.36 Å². The van der Waals surface area contributed by atoms with Crippen LogP contribution < -0.4 is 29.1 Å². The van der Waals surface area contributed by atoms with Gasteiger partial charge in [-0.05, 0) is 49.8 Å². The molecular weight excluding hydrogens is 512 g/mol. The van der Waals surface area contributed by atoms with Gasteiger partial charge in [0.25, 0.3) is 5.56 Å². The highest BCUT2D eigenvalue weighted by molar-refractivity contribution is 7.07. The normalized spacial score (nSPS) is 14.9. The number of carbonyl (C=O) groups excluding carboxylic acids is 1. The third kappa shape index (κ3) is 5.32. The van der Waals surface area contributed by atoms with Crippen LogP contribution in [-0.2, 0) is 14.3 Å². The highest BCUT2D eigenvalue weighted by atomic mass is 32.1. The van der Waals surface area contributed by atoms with Crippen LogP contribution in [0.5, 0.6) is 17.2 Å². The first-order chi connectivity index (χ1) is 18.3. The highest BCUT2D eigenvalue weighted by Gasteiger charge is 2.35. The van der Waals surface area contributed by atoms with E-state index in [1.165, 1.54) is 30.1 Å². The Labute approximate surface area is 221 Å². The number of aromatic nitrogens is 1. The average molecular weight is 539 g/mol. The first-order valence-corrected chi connectivity index (χ1v) is 12.4. The number of methoxy groups -OCH3 is 2. The van der Waals surface area contributed by atoms with Gasteiger partial charge < -0.3 is 24.1 Å². The fourth-order valence-electron chi connectivity index (χ4n) is 4.09. The molecule has 1 aromatic heterocycles. The lowest BCUT2D eigenvalue weighted by Crippen LogP contribution is -2.40. The monoisotopic (exact) mass is 538 g/mol. The average Bonchev–Trinajstić information content (AvgIpc) is 3.21. The lowest BCUT2D eigenvalue weighted by atomic mass is 9.95. The largest absolute Gasteiger partial charge is 0.497 e. The molecule has 2 heterocycles. The number of esters is 1. The SMILES string of the molecule is CCOC(=O)C1=C(C)N=c2s/c(=C\c3ccc(OCC(=O)O)cc3)c(=O)n2C1c1ccc(OC)cc1OC. The number of benzene rings is 2. The fourth-order valence-corrected chi connectivity index (χ4v) is 5.13. The van der Waals surface area contributed by atoms with Gasteiger partial charge in [-0.15, -0.1) is 0 Å². The molecule has 0 bridgehead atoms. The minimum Gasteiger partial charge on any atom is -0.497 e. The van der Waals surface area contributed by atoms with E-state index < -0.39 is 24.6 Å². The number of allylic oxidation sites excluding steroid dienone is 1. The zero-order valence-electron chi connectivity index (χ0n) is 21.2. The Morgan fingerprint density at radius 3 is 2.45 bits per heavy atom. The smallest absolute Gasteiger partial charge is 0.341 e. The Balaban J connectivity index is 1.86. The van der Waals surface area contributed by atoms with Crippen molar-refractivity contribution in [1.29, 1.82) is 0 Å². The zero-order valence-corrected chi connectivity index (χ0v) is 22.0. The maximum absolute atomic E-state index is 13.8. The van der Waals surface area contributed by atoms with Crippen molar-refractivity contribution < 1.29 is 33.6 Å². The van der Waals surface area contributed by atoms with Crippen LogP contribution in [0.2, 0.25) is 0 Å². The third-order valence-corrected chi connectivity index (χ3v) is 6.78. The number of fused-ring (bicyclic) bond motifs is 1. The molecule has 1 atom stereocenters. The van der Waals surface area contributed by atoms with Crippen LogP contribution in [0.1, 0.15) is 31.0 Å². The molecule has 0 fully saturated rings.